The summed E-state index contributed by atoms with van der Waals surface area (Å²) in [5, 5.41) is 12.4. The second-order valence-electron chi connectivity index (χ2n) is 8.05. The van der Waals surface area contributed by atoms with Crippen LogP contribution in [0.25, 0.3) is 0 Å². The van der Waals surface area contributed by atoms with E-state index in [4.69, 9.17) is 0 Å². The van der Waals surface area contributed by atoms with Gasteiger partial charge in [0.2, 0.25) is 0 Å². The number of rotatable bonds is 14. The fourth-order valence-corrected chi connectivity index (χ4v) is 3.64. The number of benzene rings is 2. The quantitative estimate of drug-likeness (QED) is 0.185. The molecule has 2 rings (SSSR count). The predicted octanol–water partition coefficient (Wildman–Crippen LogP) is -0.866. The molecular weight excluding hydrogens is 762 g/mol. The smallest absolute Gasteiger partial charge is 1.00 e. The zero-order valence-corrected chi connectivity index (χ0v) is 26.2. The first-order valence-electron chi connectivity index (χ1n) is 11.1. The van der Waals surface area contributed by atoms with Crippen LogP contribution in [0.15, 0.2) is 60.7 Å². The number of ketones is 1. The molecule has 2 atom stereocenters. The fourth-order valence-electron chi connectivity index (χ4n) is 3.64. The average Bonchev–Trinajstić information content (AvgIpc) is 2.74. The van der Waals surface area contributed by atoms with E-state index in [1.807, 2.05) is 43.3 Å². The topological polar surface area (TPSA) is 43.4 Å². The second kappa shape index (κ2) is 21.1. The number of Topliss-reactive ketones (excluding diaryl/α,β-unsaturated/α-hetero) is 1. The maximum absolute atomic E-state index is 12.9. The van der Waals surface area contributed by atoms with E-state index in [0.29, 0.717) is 19.5 Å². The Morgan fingerprint density at radius 2 is 1.31 bits per heavy atom. The van der Waals surface area contributed by atoms with Crippen molar-refractivity contribution in [1.29, 1.82) is 0 Å². The molecule has 0 bridgehead atoms. The van der Waals surface area contributed by atoms with Gasteiger partial charge in [-0.15, -0.1) is 6.10 Å². The van der Waals surface area contributed by atoms with E-state index in [1.165, 1.54) is 30.4 Å². The molecule has 0 saturated carbocycles. The van der Waals surface area contributed by atoms with Gasteiger partial charge in [-0.3, -0.25) is 9.69 Å². The summed E-state index contributed by atoms with van der Waals surface area (Å²) in [7, 11) is 0. The summed E-state index contributed by atoms with van der Waals surface area (Å²) in [6.07, 6.45) is 5.63. The molecule has 0 spiro atoms. The average molecular weight is 799 g/mol. The normalized spacial score (nSPS) is 12.1. The number of hydrogen-bond acceptors (Lipinski definition) is 3. The van der Waals surface area contributed by atoms with Crippen molar-refractivity contribution in [3.63, 3.8) is 0 Å². The second-order valence-corrected chi connectivity index (χ2v) is 8.05. The first-order valence-corrected chi connectivity index (χ1v) is 11.1. The van der Waals surface area contributed by atoms with Crippen LogP contribution in [0.1, 0.15) is 69.9 Å². The van der Waals surface area contributed by atoms with Crippen LogP contribution >= 0.6 is 0 Å². The Hall–Kier alpha value is 0.828. The van der Waals surface area contributed by atoms with Crippen LogP contribution in [0.5, 0.6) is 0 Å². The van der Waals surface area contributed by atoms with Crippen molar-refractivity contribution in [2.75, 3.05) is 0 Å². The minimum absolute atomic E-state index is 0. The molecule has 6 heteroatoms. The van der Waals surface area contributed by atoms with Gasteiger partial charge in [0.05, 0.1) is 6.04 Å². The Balaban J connectivity index is 0. The first-order chi connectivity index (χ1) is 14.1. The van der Waals surface area contributed by atoms with E-state index < -0.39 is 6.10 Å². The SMILES string of the molecule is CCCCCCC[C@@H]([O-])CC(=O)[C@H](C)N(Cc1ccccc1)Cc1ccccc1.[I-].[I-].[Sm+3]. The number of nitrogens with zero attached hydrogens (tertiary/aromatic N) is 1. The molecule has 0 fully saturated rings. The summed E-state index contributed by atoms with van der Waals surface area (Å²) >= 11 is 0. The van der Waals surface area contributed by atoms with E-state index >= 15 is 0 Å². The van der Waals surface area contributed by atoms with Crippen LogP contribution in [0.4, 0.5) is 0 Å². The van der Waals surface area contributed by atoms with Gasteiger partial charge in [0.25, 0.3) is 0 Å². The summed E-state index contributed by atoms with van der Waals surface area (Å²) in [5.41, 5.74) is 2.36. The van der Waals surface area contributed by atoms with Crippen LogP contribution in [0.2, 0.25) is 0 Å². The molecule has 0 unspecified atom stereocenters. The van der Waals surface area contributed by atoms with Crippen molar-refractivity contribution >= 4 is 5.78 Å². The number of carbonyl (C=O) groups excluding carboxylic acids is 1. The summed E-state index contributed by atoms with van der Waals surface area (Å²) in [6.45, 7) is 5.53. The molecule has 3 nitrogen and oxygen atoms in total. The van der Waals surface area contributed by atoms with E-state index in [0.717, 1.165) is 12.8 Å². The molecular formula is C26H36I2NO2Sm. The minimum Gasteiger partial charge on any atom is -1.00 e. The largest absolute Gasteiger partial charge is 3.00 e. The zero-order valence-electron chi connectivity index (χ0n) is 19.2. The van der Waals surface area contributed by atoms with Gasteiger partial charge < -0.3 is 53.1 Å². The van der Waals surface area contributed by atoms with Crippen LogP contribution in [-0.4, -0.2) is 22.8 Å². The number of halogens is 2. The fraction of sp³-hybridized carbons (Fsp3) is 0.500. The molecule has 0 aliphatic rings. The molecule has 0 aliphatic carbocycles. The molecule has 2 aromatic carbocycles. The summed E-state index contributed by atoms with van der Waals surface area (Å²) in [6, 6.07) is 20.2. The molecule has 2 aromatic rings. The Bertz CT molecular complexity index is 662. The van der Waals surface area contributed by atoms with E-state index in [9.17, 15) is 9.90 Å². The van der Waals surface area contributed by atoms with Gasteiger partial charge in [0.15, 0.2) is 0 Å². The molecule has 0 aliphatic heterocycles. The maximum atomic E-state index is 12.9. The summed E-state index contributed by atoms with van der Waals surface area (Å²) in [5.74, 6) is 0.0606. The third kappa shape index (κ3) is 14.3. The molecule has 1 radical (unpaired) electrons. The molecule has 0 aromatic heterocycles. The Kier molecular flexibility index (Phi) is 23.1. The van der Waals surface area contributed by atoms with Crippen molar-refractivity contribution in [1.82, 2.24) is 4.90 Å². The van der Waals surface area contributed by atoms with Gasteiger partial charge in [0.1, 0.15) is 5.78 Å². The van der Waals surface area contributed by atoms with Gasteiger partial charge in [0, 0.05) is 13.1 Å². The summed E-state index contributed by atoms with van der Waals surface area (Å²) in [4.78, 5) is 15.1. The Morgan fingerprint density at radius 3 is 1.78 bits per heavy atom. The molecule has 0 amide bonds. The monoisotopic (exact) mass is 800 g/mol. The molecule has 177 valence electrons. The van der Waals surface area contributed by atoms with Crippen molar-refractivity contribution < 1.29 is 98.2 Å². The predicted molar refractivity (Wildman–Crippen MR) is 118 cm³/mol. The van der Waals surface area contributed by atoms with Crippen molar-refractivity contribution in [3.05, 3.63) is 71.8 Å². The number of hydrogen-bond donors (Lipinski definition) is 0. The third-order valence-electron chi connectivity index (χ3n) is 5.53. The van der Waals surface area contributed by atoms with Gasteiger partial charge in [-0.05, 0) is 24.5 Å². The van der Waals surface area contributed by atoms with Gasteiger partial charge >= 0.3 is 40.4 Å². The van der Waals surface area contributed by atoms with E-state index in [2.05, 4.69) is 36.1 Å². The Labute approximate surface area is 261 Å². The van der Waals surface area contributed by atoms with Gasteiger partial charge in [-0.1, -0.05) is 106 Å². The Morgan fingerprint density at radius 1 is 0.844 bits per heavy atom. The van der Waals surface area contributed by atoms with Gasteiger partial charge in [-0.2, -0.15) is 0 Å². The molecule has 0 saturated heterocycles. The minimum atomic E-state index is -0.776. The van der Waals surface area contributed by atoms with Crippen molar-refractivity contribution in [2.24, 2.45) is 0 Å². The zero-order chi connectivity index (χ0) is 20.9. The molecule has 0 heterocycles. The maximum Gasteiger partial charge on any atom is 3.00 e. The van der Waals surface area contributed by atoms with E-state index in [1.54, 1.807) is 0 Å². The van der Waals surface area contributed by atoms with Crippen LogP contribution in [0, 0.1) is 40.4 Å². The standard InChI is InChI=1S/C26H36NO2.2HI.Sm/c1-3-4-5-6-13-18-25(28)19-26(29)22(2)27(20-23-14-9-7-10-15-23)21-24-16-11-8-12-17-24;;;/h7-12,14-17,22,25H,3-6,13,18-21H2,1-2H3;2*1H;/q-1;;;+3/p-2/t22-,25+;;;/m0.../s1. The molecule has 32 heavy (non-hydrogen) atoms. The number of carbonyl (C=O) groups is 1. The molecule has 0 N–H and O–H groups in total. The van der Waals surface area contributed by atoms with E-state index in [-0.39, 0.29) is 107 Å². The van der Waals surface area contributed by atoms with Crippen LogP contribution in [-0.2, 0) is 17.9 Å². The van der Waals surface area contributed by atoms with Crippen LogP contribution < -0.4 is 53.1 Å². The van der Waals surface area contributed by atoms with Crippen molar-refractivity contribution in [2.45, 2.75) is 84.0 Å². The third-order valence-corrected chi connectivity index (χ3v) is 5.53. The van der Waals surface area contributed by atoms with Crippen molar-refractivity contribution in [3.8, 4) is 0 Å². The van der Waals surface area contributed by atoms with Crippen LogP contribution in [0.3, 0.4) is 0 Å². The summed E-state index contributed by atoms with van der Waals surface area (Å²) < 4.78 is 0. The van der Waals surface area contributed by atoms with Gasteiger partial charge in [-0.25, -0.2) is 0 Å². The number of unbranched alkanes of at least 4 members (excludes halogenated alkanes) is 4. The first kappa shape index (κ1) is 35.0.